The molecule has 0 unspecified atom stereocenters. The highest BCUT2D eigenvalue weighted by Gasteiger charge is 2.25. The lowest BCUT2D eigenvalue weighted by atomic mass is 10.2. The van der Waals surface area contributed by atoms with E-state index in [2.05, 4.69) is 5.10 Å². The standard InChI is InChI=1S/C13H15N3O4S/c1-9-8-19-5-4-15(9)11(17)7-16-13(18)20-12(14-16)10-3-2-6-21-10/h2-3,6,9H,4-5,7-8H2,1H3/t9-/m1/s1. The number of morpholine rings is 1. The first kappa shape index (κ1) is 14.0. The van der Waals surface area contributed by atoms with Crippen LogP contribution in [-0.2, 0) is 16.1 Å². The van der Waals surface area contributed by atoms with Gasteiger partial charge in [0.25, 0.3) is 5.89 Å². The largest absolute Gasteiger partial charge is 0.437 e. The van der Waals surface area contributed by atoms with Crippen molar-refractivity contribution >= 4 is 17.2 Å². The van der Waals surface area contributed by atoms with Gasteiger partial charge < -0.3 is 14.1 Å². The summed E-state index contributed by atoms with van der Waals surface area (Å²) >= 11 is 1.43. The van der Waals surface area contributed by atoms with Crippen LogP contribution in [-0.4, -0.2) is 46.4 Å². The van der Waals surface area contributed by atoms with E-state index in [-0.39, 0.29) is 24.4 Å². The van der Waals surface area contributed by atoms with Gasteiger partial charge in [0.2, 0.25) is 5.91 Å². The first-order valence-corrected chi connectivity index (χ1v) is 7.52. The zero-order valence-electron chi connectivity index (χ0n) is 11.5. The summed E-state index contributed by atoms with van der Waals surface area (Å²) in [5, 5.41) is 5.95. The van der Waals surface area contributed by atoms with Crippen LogP contribution in [0.15, 0.2) is 26.7 Å². The van der Waals surface area contributed by atoms with Gasteiger partial charge in [0.15, 0.2) is 0 Å². The summed E-state index contributed by atoms with van der Waals surface area (Å²) in [5.41, 5.74) is 0. The number of thiophene rings is 1. The second kappa shape index (κ2) is 5.82. The van der Waals surface area contributed by atoms with Crippen LogP contribution in [0.2, 0.25) is 0 Å². The Kier molecular flexibility index (Phi) is 3.89. The third-order valence-corrected chi connectivity index (χ3v) is 4.17. The van der Waals surface area contributed by atoms with E-state index in [0.717, 1.165) is 9.56 Å². The Labute approximate surface area is 124 Å². The molecule has 1 amide bonds. The van der Waals surface area contributed by atoms with Gasteiger partial charge in [-0.3, -0.25) is 4.79 Å². The van der Waals surface area contributed by atoms with E-state index in [0.29, 0.717) is 19.8 Å². The number of ether oxygens (including phenoxy) is 1. The molecular weight excluding hydrogens is 294 g/mol. The molecule has 0 saturated carbocycles. The molecule has 1 atom stereocenters. The molecule has 3 heterocycles. The van der Waals surface area contributed by atoms with Gasteiger partial charge in [0.05, 0.1) is 24.1 Å². The average molecular weight is 309 g/mol. The number of rotatable bonds is 3. The van der Waals surface area contributed by atoms with Gasteiger partial charge in [-0.1, -0.05) is 6.07 Å². The third-order valence-electron chi connectivity index (χ3n) is 3.31. The molecule has 0 radical (unpaired) electrons. The molecule has 112 valence electrons. The van der Waals surface area contributed by atoms with Crippen LogP contribution in [0.1, 0.15) is 6.92 Å². The Morgan fingerprint density at radius 3 is 3.14 bits per heavy atom. The van der Waals surface area contributed by atoms with Gasteiger partial charge in [-0.2, -0.15) is 4.68 Å². The molecule has 3 rings (SSSR count). The second-order valence-electron chi connectivity index (χ2n) is 4.82. The van der Waals surface area contributed by atoms with Gasteiger partial charge >= 0.3 is 5.76 Å². The Hall–Kier alpha value is -1.93. The number of aromatic nitrogens is 2. The van der Waals surface area contributed by atoms with Crippen molar-refractivity contribution in [2.75, 3.05) is 19.8 Å². The summed E-state index contributed by atoms with van der Waals surface area (Å²) in [4.78, 5) is 26.5. The van der Waals surface area contributed by atoms with Gasteiger partial charge in [-0.15, -0.1) is 16.4 Å². The highest BCUT2D eigenvalue weighted by atomic mass is 32.1. The Bertz CT molecular complexity index is 676. The molecular formula is C13H15N3O4S. The maximum Gasteiger partial charge on any atom is 0.437 e. The molecule has 1 saturated heterocycles. The predicted molar refractivity (Wildman–Crippen MR) is 76.1 cm³/mol. The summed E-state index contributed by atoms with van der Waals surface area (Å²) in [6.45, 7) is 3.37. The fraction of sp³-hybridized carbons (Fsp3) is 0.462. The summed E-state index contributed by atoms with van der Waals surface area (Å²) < 4.78 is 11.4. The van der Waals surface area contributed by atoms with Crippen LogP contribution < -0.4 is 5.76 Å². The molecule has 0 spiro atoms. The first-order chi connectivity index (χ1) is 10.1. The summed E-state index contributed by atoms with van der Waals surface area (Å²) in [5.74, 6) is -0.524. The van der Waals surface area contributed by atoms with Gasteiger partial charge in [-0.25, -0.2) is 4.79 Å². The molecule has 1 aliphatic heterocycles. The van der Waals surface area contributed by atoms with E-state index in [9.17, 15) is 9.59 Å². The molecule has 8 heteroatoms. The number of hydrogen-bond acceptors (Lipinski definition) is 6. The monoisotopic (exact) mass is 309 g/mol. The molecule has 21 heavy (non-hydrogen) atoms. The number of carbonyl (C=O) groups is 1. The highest BCUT2D eigenvalue weighted by molar-refractivity contribution is 7.13. The van der Waals surface area contributed by atoms with Crippen molar-refractivity contribution in [2.45, 2.75) is 19.5 Å². The Balaban J connectivity index is 1.76. The predicted octanol–water partition coefficient (Wildman–Crippen LogP) is 0.812. The van der Waals surface area contributed by atoms with Crippen molar-refractivity contribution < 1.29 is 13.9 Å². The normalized spacial score (nSPS) is 18.9. The van der Waals surface area contributed by atoms with Crippen LogP contribution in [0.4, 0.5) is 0 Å². The zero-order valence-corrected chi connectivity index (χ0v) is 12.3. The summed E-state index contributed by atoms with van der Waals surface area (Å²) in [6, 6.07) is 3.66. The van der Waals surface area contributed by atoms with Crippen LogP contribution >= 0.6 is 11.3 Å². The van der Waals surface area contributed by atoms with Gasteiger partial charge in [0, 0.05) is 6.54 Å². The Morgan fingerprint density at radius 2 is 2.43 bits per heavy atom. The lowest BCUT2D eigenvalue weighted by Gasteiger charge is -2.33. The van der Waals surface area contributed by atoms with E-state index >= 15 is 0 Å². The summed E-state index contributed by atoms with van der Waals surface area (Å²) in [6.07, 6.45) is 0. The quantitative estimate of drug-likeness (QED) is 0.838. The number of amides is 1. The summed E-state index contributed by atoms with van der Waals surface area (Å²) in [7, 11) is 0. The minimum atomic E-state index is -0.618. The molecule has 0 aliphatic carbocycles. The smallest absolute Gasteiger partial charge is 0.387 e. The topological polar surface area (TPSA) is 77.6 Å². The van der Waals surface area contributed by atoms with Crippen molar-refractivity contribution in [2.24, 2.45) is 0 Å². The minimum Gasteiger partial charge on any atom is -0.387 e. The van der Waals surface area contributed by atoms with E-state index in [1.165, 1.54) is 11.3 Å². The SMILES string of the molecule is C[C@@H]1COCCN1C(=O)Cn1nc(-c2cccs2)oc1=O. The lowest BCUT2D eigenvalue weighted by Crippen LogP contribution is -2.48. The molecule has 0 aromatic carbocycles. The van der Waals surface area contributed by atoms with Crippen LogP contribution in [0, 0.1) is 0 Å². The number of nitrogens with zero attached hydrogens (tertiary/aromatic N) is 3. The molecule has 7 nitrogen and oxygen atoms in total. The van der Waals surface area contributed by atoms with E-state index in [1.807, 2.05) is 24.4 Å². The zero-order chi connectivity index (χ0) is 14.8. The van der Waals surface area contributed by atoms with E-state index in [4.69, 9.17) is 9.15 Å². The van der Waals surface area contributed by atoms with Crippen molar-refractivity contribution in [1.29, 1.82) is 0 Å². The van der Waals surface area contributed by atoms with Gasteiger partial charge in [0.1, 0.15) is 6.54 Å². The molecule has 0 N–H and O–H groups in total. The van der Waals surface area contributed by atoms with Crippen LogP contribution in [0.5, 0.6) is 0 Å². The highest BCUT2D eigenvalue weighted by Crippen LogP contribution is 2.21. The van der Waals surface area contributed by atoms with Gasteiger partial charge in [-0.05, 0) is 18.4 Å². The third kappa shape index (κ3) is 2.91. The lowest BCUT2D eigenvalue weighted by molar-refractivity contribution is -0.140. The molecule has 1 fully saturated rings. The van der Waals surface area contributed by atoms with Crippen molar-refractivity contribution in [3.05, 3.63) is 28.1 Å². The maximum atomic E-state index is 12.3. The van der Waals surface area contributed by atoms with Crippen molar-refractivity contribution in [1.82, 2.24) is 14.7 Å². The molecule has 0 bridgehead atoms. The van der Waals surface area contributed by atoms with Crippen LogP contribution in [0.3, 0.4) is 0 Å². The Morgan fingerprint density at radius 1 is 1.57 bits per heavy atom. The fourth-order valence-electron chi connectivity index (χ4n) is 2.22. The first-order valence-electron chi connectivity index (χ1n) is 6.64. The number of carbonyl (C=O) groups excluding carboxylic acids is 1. The fourth-order valence-corrected chi connectivity index (χ4v) is 2.87. The second-order valence-corrected chi connectivity index (χ2v) is 5.77. The molecule has 2 aromatic heterocycles. The average Bonchev–Trinajstić information content (AvgIpc) is 3.10. The minimum absolute atomic E-state index is 0.00520. The van der Waals surface area contributed by atoms with Crippen LogP contribution in [0.25, 0.3) is 10.8 Å². The maximum absolute atomic E-state index is 12.3. The number of hydrogen-bond donors (Lipinski definition) is 0. The van der Waals surface area contributed by atoms with Crippen molar-refractivity contribution in [3.8, 4) is 10.8 Å². The van der Waals surface area contributed by atoms with E-state index in [1.54, 1.807) is 4.90 Å². The molecule has 1 aliphatic rings. The molecule has 2 aromatic rings. The van der Waals surface area contributed by atoms with Crippen molar-refractivity contribution in [3.63, 3.8) is 0 Å². The van der Waals surface area contributed by atoms with E-state index < -0.39 is 5.76 Å².